The molecule has 0 aliphatic rings. The van der Waals surface area contributed by atoms with E-state index in [2.05, 4.69) is 31.9 Å². The topological polar surface area (TPSA) is 0 Å². The molecule has 1 aromatic carbocycles. The quantitative estimate of drug-likeness (QED) is 0.642. The molecule has 0 bridgehead atoms. The lowest BCUT2D eigenvalue weighted by Crippen LogP contribution is -1.91. The Morgan fingerprint density at radius 2 is 1.67 bits per heavy atom. The van der Waals surface area contributed by atoms with Crippen LogP contribution in [-0.2, 0) is 6.42 Å². The van der Waals surface area contributed by atoms with Crippen LogP contribution < -0.4 is 0 Å². The van der Waals surface area contributed by atoms with E-state index in [1.807, 2.05) is 26.0 Å². The molecule has 0 amide bonds. The number of benzene rings is 1. The second-order valence-electron chi connectivity index (χ2n) is 3.77. The van der Waals surface area contributed by atoms with Gasteiger partial charge in [0.25, 0.3) is 0 Å². The van der Waals surface area contributed by atoms with Gasteiger partial charge in [-0.3, -0.25) is 0 Å². The van der Waals surface area contributed by atoms with Crippen LogP contribution in [0.2, 0.25) is 0 Å². The van der Waals surface area contributed by atoms with Gasteiger partial charge in [0.2, 0.25) is 0 Å². The Morgan fingerprint density at radius 3 is 2.07 bits per heavy atom. The minimum Gasteiger partial charge on any atom is -0.115 e. The molecule has 0 heterocycles. The molecule has 82 valence electrons. The molecular weight excluding hydrogens is 180 g/mol. The zero-order chi connectivity index (χ0) is 11.7. The van der Waals surface area contributed by atoms with Gasteiger partial charge < -0.3 is 0 Å². The molecule has 0 saturated heterocycles. The van der Waals surface area contributed by atoms with E-state index in [9.17, 15) is 0 Å². The number of hydrogen-bond acceptors (Lipinski definition) is 0. The molecule has 0 N–H and O–H groups in total. The van der Waals surface area contributed by atoms with Crippen LogP contribution in [0.15, 0.2) is 24.3 Å². The molecule has 0 saturated carbocycles. The first kappa shape index (κ1) is 13.8. The number of terminal acetylenes is 1. The lowest BCUT2D eigenvalue weighted by Gasteiger charge is -2.04. The van der Waals surface area contributed by atoms with Crippen molar-refractivity contribution in [2.45, 2.75) is 40.5 Å². The maximum absolute atomic E-state index is 5.27. The van der Waals surface area contributed by atoms with E-state index in [-0.39, 0.29) is 0 Å². The van der Waals surface area contributed by atoms with Crippen LogP contribution >= 0.6 is 0 Å². The summed E-state index contributed by atoms with van der Waals surface area (Å²) in [4.78, 5) is 0. The van der Waals surface area contributed by atoms with Gasteiger partial charge in [0.15, 0.2) is 0 Å². The highest BCUT2D eigenvalue weighted by atomic mass is 14.0. The SMILES string of the molecule is C#Cc1ccc(CCC(C)C)cc1.CC. The summed E-state index contributed by atoms with van der Waals surface area (Å²) >= 11 is 0. The Labute approximate surface area is 94.7 Å². The lowest BCUT2D eigenvalue weighted by atomic mass is 10.0. The molecule has 1 aromatic rings. The fourth-order valence-corrected chi connectivity index (χ4v) is 1.22. The van der Waals surface area contributed by atoms with Gasteiger partial charge in [-0.1, -0.05) is 45.7 Å². The van der Waals surface area contributed by atoms with Crippen LogP contribution in [0.4, 0.5) is 0 Å². The first-order valence-electron chi connectivity index (χ1n) is 5.78. The second kappa shape index (κ2) is 8.12. The summed E-state index contributed by atoms with van der Waals surface area (Å²) < 4.78 is 0. The Morgan fingerprint density at radius 1 is 1.13 bits per heavy atom. The van der Waals surface area contributed by atoms with Gasteiger partial charge in [0, 0.05) is 5.56 Å². The Kier molecular flexibility index (Phi) is 7.46. The molecule has 0 radical (unpaired) electrons. The second-order valence-corrected chi connectivity index (χ2v) is 3.77. The van der Waals surface area contributed by atoms with Crippen molar-refractivity contribution < 1.29 is 0 Å². The van der Waals surface area contributed by atoms with Gasteiger partial charge >= 0.3 is 0 Å². The van der Waals surface area contributed by atoms with Gasteiger partial charge in [-0.25, -0.2) is 0 Å². The molecule has 15 heavy (non-hydrogen) atoms. The Bertz CT molecular complexity index is 285. The highest BCUT2D eigenvalue weighted by molar-refractivity contribution is 5.34. The normalized spacial score (nSPS) is 9.07. The highest BCUT2D eigenvalue weighted by Crippen LogP contribution is 2.09. The number of rotatable bonds is 3. The Hall–Kier alpha value is -1.22. The fraction of sp³-hybridized carbons (Fsp3) is 0.467. The van der Waals surface area contributed by atoms with E-state index in [0.29, 0.717) is 0 Å². The van der Waals surface area contributed by atoms with Crippen LogP contribution in [0.5, 0.6) is 0 Å². The van der Waals surface area contributed by atoms with E-state index in [1.54, 1.807) is 0 Å². The molecule has 0 heteroatoms. The maximum Gasteiger partial charge on any atom is 0.0242 e. The monoisotopic (exact) mass is 202 g/mol. The molecule has 0 atom stereocenters. The minimum atomic E-state index is 0.771. The highest BCUT2D eigenvalue weighted by Gasteiger charge is 1.96. The summed E-state index contributed by atoms with van der Waals surface area (Å²) in [5.41, 5.74) is 2.35. The van der Waals surface area contributed by atoms with Crippen molar-refractivity contribution in [2.75, 3.05) is 0 Å². The molecule has 0 aliphatic heterocycles. The smallest absolute Gasteiger partial charge is 0.0242 e. The molecule has 0 aliphatic carbocycles. The summed E-state index contributed by atoms with van der Waals surface area (Å²) in [5.74, 6) is 3.39. The molecule has 1 rings (SSSR count). The predicted molar refractivity (Wildman–Crippen MR) is 68.9 cm³/mol. The number of hydrogen-bond donors (Lipinski definition) is 0. The van der Waals surface area contributed by atoms with Crippen molar-refractivity contribution in [1.29, 1.82) is 0 Å². The zero-order valence-electron chi connectivity index (χ0n) is 10.4. The van der Waals surface area contributed by atoms with Gasteiger partial charge in [0.05, 0.1) is 0 Å². The van der Waals surface area contributed by atoms with E-state index in [0.717, 1.165) is 17.9 Å². The third-order valence-electron chi connectivity index (χ3n) is 2.13. The van der Waals surface area contributed by atoms with Crippen LogP contribution in [0.1, 0.15) is 45.2 Å². The average Bonchev–Trinajstić information content (AvgIpc) is 2.30. The summed E-state index contributed by atoms with van der Waals surface area (Å²) in [7, 11) is 0. The van der Waals surface area contributed by atoms with Crippen molar-refractivity contribution in [3.63, 3.8) is 0 Å². The average molecular weight is 202 g/mol. The van der Waals surface area contributed by atoms with Crippen molar-refractivity contribution in [2.24, 2.45) is 5.92 Å². The summed E-state index contributed by atoms with van der Waals surface area (Å²) in [6, 6.07) is 8.26. The van der Waals surface area contributed by atoms with Crippen LogP contribution in [-0.4, -0.2) is 0 Å². The van der Waals surface area contributed by atoms with E-state index >= 15 is 0 Å². The first-order chi connectivity index (χ1) is 7.22. The Balaban J connectivity index is 0.000000921. The number of aryl methyl sites for hydroxylation is 1. The zero-order valence-corrected chi connectivity index (χ0v) is 10.4. The molecular formula is C15H22. The van der Waals surface area contributed by atoms with Gasteiger partial charge in [-0.15, -0.1) is 6.42 Å². The van der Waals surface area contributed by atoms with Crippen molar-refractivity contribution in [3.8, 4) is 12.3 Å². The van der Waals surface area contributed by atoms with Gasteiger partial charge in [-0.05, 0) is 36.5 Å². The van der Waals surface area contributed by atoms with Gasteiger partial charge in [0.1, 0.15) is 0 Å². The minimum absolute atomic E-state index is 0.771. The van der Waals surface area contributed by atoms with E-state index in [4.69, 9.17) is 6.42 Å². The lowest BCUT2D eigenvalue weighted by molar-refractivity contribution is 0.587. The van der Waals surface area contributed by atoms with Crippen molar-refractivity contribution >= 4 is 0 Å². The molecule has 0 fully saturated rings. The molecule has 0 spiro atoms. The predicted octanol–water partition coefficient (Wildman–Crippen LogP) is 4.28. The first-order valence-corrected chi connectivity index (χ1v) is 5.78. The summed E-state index contributed by atoms with van der Waals surface area (Å²) in [5, 5.41) is 0. The summed E-state index contributed by atoms with van der Waals surface area (Å²) in [6.07, 6.45) is 7.67. The van der Waals surface area contributed by atoms with E-state index in [1.165, 1.54) is 12.0 Å². The van der Waals surface area contributed by atoms with Crippen molar-refractivity contribution in [3.05, 3.63) is 35.4 Å². The maximum atomic E-state index is 5.27. The molecule has 0 nitrogen and oxygen atoms in total. The largest absolute Gasteiger partial charge is 0.115 e. The third-order valence-corrected chi connectivity index (χ3v) is 2.13. The van der Waals surface area contributed by atoms with Gasteiger partial charge in [-0.2, -0.15) is 0 Å². The van der Waals surface area contributed by atoms with E-state index < -0.39 is 0 Å². The van der Waals surface area contributed by atoms with Crippen molar-refractivity contribution in [1.82, 2.24) is 0 Å². The standard InChI is InChI=1S/C13H16.C2H6/c1-4-12-7-9-13(10-8-12)6-5-11(2)3;1-2/h1,7-11H,5-6H2,2-3H3;1-2H3. The summed E-state index contributed by atoms with van der Waals surface area (Å²) in [6.45, 7) is 8.49. The molecule has 0 unspecified atom stereocenters. The van der Waals surface area contributed by atoms with Crippen LogP contribution in [0.3, 0.4) is 0 Å². The van der Waals surface area contributed by atoms with Crippen LogP contribution in [0.25, 0.3) is 0 Å². The van der Waals surface area contributed by atoms with Crippen LogP contribution in [0, 0.1) is 18.3 Å². The molecule has 0 aromatic heterocycles. The fourth-order valence-electron chi connectivity index (χ4n) is 1.22. The third kappa shape index (κ3) is 5.96.